The van der Waals surface area contributed by atoms with Gasteiger partial charge in [-0.2, -0.15) is 0 Å². The van der Waals surface area contributed by atoms with Crippen LogP contribution < -0.4 is 15.5 Å². The van der Waals surface area contributed by atoms with Crippen LogP contribution in [0.4, 0.5) is 14.5 Å². The van der Waals surface area contributed by atoms with E-state index in [-0.39, 0.29) is 6.04 Å². The number of anilines is 1. The Morgan fingerprint density at radius 1 is 1.22 bits per heavy atom. The highest BCUT2D eigenvalue weighted by atomic mass is 19.1. The average molecular weight is 440 g/mol. The van der Waals surface area contributed by atoms with Gasteiger partial charge in [0.25, 0.3) is 0 Å². The molecule has 9 heteroatoms. The summed E-state index contributed by atoms with van der Waals surface area (Å²) in [5.74, 6) is 1.30. The molecule has 0 radical (unpaired) electrons. The number of imidazole rings is 1. The van der Waals surface area contributed by atoms with Crippen LogP contribution in [0.25, 0.3) is 5.82 Å². The molecule has 0 spiro atoms. The summed E-state index contributed by atoms with van der Waals surface area (Å²) < 4.78 is 29.2. The summed E-state index contributed by atoms with van der Waals surface area (Å²) in [5.41, 5.74) is 1.42. The molecule has 168 valence electrons. The number of halogens is 2. The summed E-state index contributed by atoms with van der Waals surface area (Å²) >= 11 is 0. The number of pyridine rings is 1. The summed E-state index contributed by atoms with van der Waals surface area (Å²) in [7, 11) is 0. The van der Waals surface area contributed by atoms with Crippen LogP contribution >= 0.6 is 0 Å². The number of benzene rings is 1. The SMILES string of the molecule is CCNC(=NCc1ccc(-n2ccnc2C)nc1)NC1CCN(c2ccc(F)cc2F)C1. The van der Waals surface area contributed by atoms with E-state index in [0.29, 0.717) is 31.3 Å². The molecule has 2 aromatic heterocycles. The molecule has 1 unspecified atom stereocenters. The molecular weight excluding hydrogens is 412 g/mol. The number of aromatic nitrogens is 3. The van der Waals surface area contributed by atoms with Crippen molar-refractivity contribution in [2.75, 3.05) is 24.5 Å². The highest BCUT2D eigenvalue weighted by Gasteiger charge is 2.25. The summed E-state index contributed by atoms with van der Waals surface area (Å²) in [6.07, 6.45) is 6.28. The van der Waals surface area contributed by atoms with Gasteiger partial charge in [-0.1, -0.05) is 6.07 Å². The van der Waals surface area contributed by atoms with E-state index in [1.54, 1.807) is 6.20 Å². The van der Waals surface area contributed by atoms with Crippen LogP contribution in [0.5, 0.6) is 0 Å². The van der Waals surface area contributed by atoms with E-state index in [2.05, 4.69) is 25.6 Å². The van der Waals surface area contributed by atoms with Crippen LogP contribution in [0, 0.1) is 18.6 Å². The van der Waals surface area contributed by atoms with E-state index in [0.717, 1.165) is 36.2 Å². The first-order chi connectivity index (χ1) is 15.5. The van der Waals surface area contributed by atoms with Gasteiger partial charge in [0.1, 0.15) is 23.3 Å². The van der Waals surface area contributed by atoms with Crippen LogP contribution in [-0.2, 0) is 6.54 Å². The van der Waals surface area contributed by atoms with Crippen LogP contribution in [0.1, 0.15) is 24.7 Å². The van der Waals surface area contributed by atoms with E-state index in [1.807, 2.05) is 47.8 Å². The molecule has 1 saturated heterocycles. The number of hydrogen-bond donors (Lipinski definition) is 2. The highest BCUT2D eigenvalue weighted by molar-refractivity contribution is 5.80. The number of aryl methyl sites for hydroxylation is 1. The predicted octanol–water partition coefficient (Wildman–Crippen LogP) is 3.19. The lowest BCUT2D eigenvalue weighted by molar-refractivity contribution is 0.580. The first-order valence-corrected chi connectivity index (χ1v) is 10.7. The van der Waals surface area contributed by atoms with Gasteiger partial charge in [0.05, 0.1) is 12.2 Å². The van der Waals surface area contributed by atoms with Crippen molar-refractivity contribution in [2.45, 2.75) is 32.9 Å². The fourth-order valence-corrected chi connectivity index (χ4v) is 3.79. The van der Waals surface area contributed by atoms with E-state index in [4.69, 9.17) is 0 Å². The van der Waals surface area contributed by atoms with Gasteiger partial charge in [-0.3, -0.25) is 4.57 Å². The van der Waals surface area contributed by atoms with Gasteiger partial charge in [-0.25, -0.2) is 23.7 Å². The first-order valence-electron chi connectivity index (χ1n) is 10.7. The Morgan fingerprint density at radius 3 is 2.78 bits per heavy atom. The van der Waals surface area contributed by atoms with Crippen molar-refractivity contribution in [3.63, 3.8) is 0 Å². The summed E-state index contributed by atoms with van der Waals surface area (Å²) in [4.78, 5) is 15.3. The third kappa shape index (κ3) is 5.04. The molecule has 3 heterocycles. The third-order valence-electron chi connectivity index (χ3n) is 5.43. The Morgan fingerprint density at radius 2 is 2.09 bits per heavy atom. The predicted molar refractivity (Wildman–Crippen MR) is 121 cm³/mol. The van der Waals surface area contributed by atoms with Crippen molar-refractivity contribution >= 4 is 11.6 Å². The molecule has 1 aliphatic heterocycles. The Hall–Kier alpha value is -3.49. The summed E-state index contributed by atoms with van der Waals surface area (Å²) in [5, 5.41) is 6.69. The zero-order valence-electron chi connectivity index (χ0n) is 18.2. The van der Waals surface area contributed by atoms with Gasteiger partial charge in [0, 0.05) is 50.3 Å². The smallest absolute Gasteiger partial charge is 0.191 e. The van der Waals surface area contributed by atoms with Crippen LogP contribution in [-0.4, -0.2) is 46.2 Å². The quantitative estimate of drug-likeness (QED) is 0.456. The normalized spacial score (nSPS) is 16.4. The van der Waals surface area contributed by atoms with Crippen molar-refractivity contribution in [1.82, 2.24) is 25.2 Å². The standard InChI is InChI=1S/C23H27F2N7/c1-3-26-23(29-14-17-4-7-22(28-13-17)32-11-9-27-16(32)2)30-19-8-10-31(15-19)21-6-5-18(24)12-20(21)25/h4-7,9,11-13,19H,3,8,10,14-15H2,1-2H3,(H2,26,29,30). The minimum atomic E-state index is -0.565. The molecular formula is C23H27F2N7. The zero-order valence-corrected chi connectivity index (χ0v) is 18.2. The van der Waals surface area contributed by atoms with Crippen molar-refractivity contribution in [3.8, 4) is 5.82 Å². The topological polar surface area (TPSA) is 70.4 Å². The molecule has 0 saturated carbocycles. The van der Waals surface area contributed by atoms with Crippen molar-refractivity contribution in [3.05, 3.63) is 71.9 Å². The maximum absolute atomic E-state index is 14.1. The second kappa shape index (κ2) is 9.76. The van der Waals surface area contributed by atoms with Gasteiger partial charge >= 0.3 is 0 Å². The lowest BCUT2D eigenvalue weighted by Crippen LogP contribution is -2.44. The Bertz CT molecular complexity index is 1080. The van der Waals surface area contributed by atoms with E-state index in [1.165, 1.54) is 12.1 Å². The van der Waals surface area contributed by atoms with Gasteiger partial charge < -0.3 is 15.5 Å². The number of aliphatic imine (C=N–C) groups is 1. The van der Waals surface area contributed by atoms with Crippen molar-refractivity contribution in [2.24, 2.45) is 4.99 Å². The number of nitrogens with one attached hydrogen (secondary N) is 2. The second-order valence-electron chi connectivity index (χ2n) is 7.74. The Balaban J connectivity index is 1.37. The summed E-state index contributed by atoms with van der Waals surface area (Å²) in [6, 6.07) is 7.78. The van der Waals surface area contributed by atoms with Crippen molar-refractivity contribution < 1.29 is 8.78 Å². The molecule has 7 nitrogen and oxygen atoms in total. The molecule has 0 amide bonds. The molecule has 1 atom stereocenters. The average Bonchev–Trinajstić information content (AvgIpc) is 3.41. The highest BCUT2D eigenvalue weighted by Crippen LogP contribution is 2.24. The second-order valence-corrected chi connectivity index (χ2v) is 7.74. The summed E-state index contributed by atoms with van der Waals surface area (Å²) in [6.45, 7) is 6.46. The van der Waals surface area contributed by atoms with Gasteiger partial charge in [0.2, 0.25) is 0 Å². The molecule has 1 fully saturated rings. The first kappa shape index (κ1) is 21.7. The van der Waals surface area contributed by atoms with Crippen LogP contribution in [0.15, 0.2) is 53.9 Å². The molecule has 3 aromatic rings. The minimum Gasteiger partial charge on any atom is -0.367 e. The fraction of sp³-hybridized carbons (Fsp3) is 0.348. The molecule has 1 aliphatic rings. The number of nitrogens with zero attached hydrogens (tertiary/aromatic N) is 5. The van der Waals surface area contributed by atoms with Gasteiger partial charge in [0.15, 0.2) is 5.96 Å². The van der Waals surface area contributed by atoms with E-state index in [9.17, 15) is 8.78 Å². The Labute approximate surface area is 186 Å². The number of rotatable bonds is 6. The molecule has 32 heavy (non-hydrogen) atoms. The molecule has 1 aromatic carbocycles. The molecule has 0 bridgehead atoms. The minimum absolute atomic E-state index is 0.113. The number of hydrogen-bond acceptors (Lipinski definition) is 4. The zero-order chi connectivity index (χ0) is 22.5. The van der Waals surface area contributed by atoms with E-state index >= 15 is 0 Å². The van der Waals surface area contributed by atoms with E-state index < -0.39 is 11.6 Å². The maximum Gasteiger partial charge on any atom is 0.191 e. The molecule has 4 rings (SSSR count). The van der Waals surface area contributed by atoms with Crippen LogP contribution in [0.2, 0.25) is 0 Å². The molecule has 2 N–H and O–H groups in total. The monoisotopic (exact) mass is 439 g/mol. The van der Waals surface area contributed by atoms with Crippen LogP contribution in [0.3, 0.4) is 0 Å². The lowest BCUT2D eigenvalue weighted by atomic mass is 10.2. The largest absolute Gasteiger partial charge is 0.367 e. The fourth-order valence-electron chi connectivity index (χ4n) is 3.79. The molecule has 0 aliphatic carbocycles. The van der Waals surface area contributed by atoms with Crippen molar-refractivity contribution in [1.29, 1.82) is 0 Å². The lowest BCUT2D eigenvalue weighted by Gasteiger charge is -2.21. The number of guanidine groups is 1. The van der Waals surface area contributed by atoms with Gasteiger partial charge in [-0.15, -0.1) is 0 Å². The van der Waals surface area contributed by atoms with Gasteiger partial charge in [-0.05, 0) is 44.0 Å². The Kier molecular flexibility index (Phi) is 6.63. The third-order valence-corrected chi connectivity index (χ3v) is 5.43. The maximum atomic E-state index is 14.1.